The van der Waals surface area contributed by atoms with Crippen molar-refractivity contribution < 1.29 is 14.3 Å². The molecule has 1 aromatic heterocycles. The number of carbonyl (C=O) groups excluding carboxylic acids is 1. The van der Waals surface area contributed by atoms with Gasteiger partial charge in [0, 0.05) is 17.8 Å². The van der Waals surface area contributed by atoms with E-state index in [1.54, 1.807) is 25.3 Å². The number of nitrogens with zero attached hydrogens (tertiary/aromatic N) is 2. The van der Waals surface area contributed by atoms with Gasteiger partial charge in [0.05, 0.1) is 19.4 Å². The Morgan fingerprint density at radius 3 is 2.81 bits per heavy atom. The number of hydrogen-bond donors (Lipinski definition) is 0. The second-order valence-electron chi connectivity index (χ2n) is 4.36. The molecule has 6 nitrogen and oxygen atoms in total. The smallest absolute Gasteiger partial charge is 0.362 e. The highest BCUT2D eigenvalue weighted by Gasteiger charge is 2.16. The number of rotatable bonds is 4. The molecule has 110 valence electrons. The maximum Gasteiger partial charge on any atom is 0.362 e. The first-order valence-corrected chi connectivity index (χ1v) is 6.49. The molecule has 0 atom stereocenters. The van der Waals surface area contributed by atoms with E-state index in [1.165, 1.54) is 11.8 Å². The van der Waals surface area contributed by atoms with Gasteiger partial charge in [0.1, 0.15) is 5.75 Å². The summed E-state index contributed by atoms with van der Waals surface area (Å²) in [7, 11) is 1.21. The van der Waals surface area contributed by atoms with E-state index < -0.39 is 11.4 Å². The van der Waals surface area contributed by atoms with Crippen LogP contribution in [-0.4, -0.2) is 29.5 Å². The van der Waals surface area contributed by atoms with E-state index in [1.807, 2.05) is 19.1 Å². The number of esters is 1. The molecular weight excluding hydrogens is 272 g/mol. The highest BCUT2D eigenvalue weighted by molar-refractivity contribution is 5.87. The van der Waals surface area contributed by atoms with Gasteiger partial charge < -0.3 is 9.47 Å². The van der Waals surface area contributed by atoms with E-state index in [0.29, 0.717) is 23.6 Å². The van der Waals surface area contributed by atoms with Crippen molar-refractivity contribution in [1.82, 2.24) is 9.78 Å². The molecule has 0 saturated carbocycles. The largest absolute Gasteiger partial charge is 0.494 e. The van der Waals surface area contributed by atoms with E-state index in [-0.39, 0.29) is 5.69 Å². The van der Waals surface area contributed by atoms with Crippen molar-refractivity contribution in [3.8, 4) is 11.4 Å². The molecule has 0 N–H and O–H groups in total. The molecule has 0 radical (unpaired) electrons. The number of ether oxygens (including phenoxy) is 2. The van der Waals surface area contributed by atoms with E-state index in [0.717, 1.165) is 0 Å². The molecule has 0 unspecified atom stereocenters. The second-order valence-corrected chi connectivity index (χ2v) is 4.36. The summed E-state index contributed by atoms with van der Waals surface area (Å²) in [5.74, 6) is -0.0637. The summed E-state index contributed by atoms with van der Waals surface area (Å²) in [5.41, 5.74) is 0.430. The quantitative estimate of drug-likeness (QED) is 0.801. The lowest BCUT2D eigenvalue weighted by atomic mass is 10.2. The fraction of sp³-hybridized carbons (Fsp3) is 0.267. The minimum atomic E-state index is -0.751. The molecule has 0 amide bonds. The predicted octanol–water partition coefficient (Wildman–Crippen LogP) is 1.73. The fourth-order valence-corrected chi connectivity index (χ4v) is 1.86. The maximum atomic E-state index is 11.9. The predicted molar refractivity (Wildman–Crippen MR) is 77.1 cm³/mol. The molecule has 6 heteroatoms. The third-order valence-electron chi connectivity index (χ3n) is 2.87. The third kappa shape index (κ3) is 3.10. The Bertz CT molecular complexity index is 722. The normalized spacial score (nSPS) is 10.2. The molecule has 1 aromatic carbocycles. The Balaban J connectivity index is 2.54. The Hall–Kier alpha value is -2.63. The SMILES string of the molecule is CCOc1cccc(-n2cc(C)c(=O)c(C(=O)OC)n2)c1. The average Bonchev–Trinajstić information content (AvgIpc) is 2.49. The van der Waals surface area contributed by atoms with Crippen LogP contribution in [0, 0.1) is 6.92 Å². The van der Waals surface area contributed by atoms with E-state index >= 15 is 0 Å². The zero-order valence-corrected chi connectivity index (χ0v) is 12.1. The number of carbonyl (C=O) groups is 1. The number of methoxy groups -OCH3 is 1. The van der Waals surface area contributed by atoms with E-state index in [9.17, 15) is 9.59 Å². The standard InChI is InChI=1S/C15H16N2O4/c1-4-21-12-7-5-6-11(8-12)17-9-10(2)14(18)13(16-17)15(19)20-3/h5-9H,4H2,1-3H3. The number of aromatic nitrogens is 2. The van der Waals surface area contributed by atoms with E-state index in [4.69, 9.17) is 4.74 Å². The van der Waals surface area contributed by atoms with Crippen molar-refractivity contribution in [3.63, 3.8) is 0 Å². The Kier molecular flexibility index (Phi) is 4.37. The molecule has 0 spiro atoms. The topological polar surface area (TPSA) is 70.4 Å². The highest BCUT2D eigenvalue weighted by atomic mass is 16.5. The lowest BCUT2D eigenvalue weighted by Gasteiger charge is -2.10. The van der Waals surface area contributed by atoms with Gasteiger partial charge in [-0.1, -0.05) is 6.07 Å². The van der Waals surface area contributed by atoms with Crippen LogP contribution in [0.15, 0.2) is 35.3 Å². The van der Waals surface area contributed by atoms with Gasteiger partial charge in [0.25, 0.3) is 0 Å². The van der Waals surface area contributed by atoms with Crippen LogP contribution < -0.4 is 10.2 Å². The molecular formula is C15H16N2O4. The van der Waals surface area contributed by atoms with Crippen LogP contribution in [-0.2, 0) is 4.74 Å². The van der Waals surface area contributed by atoms with Crippen LogP contribution >= 0.6 is 0 Å². The summed E-state index contributed by atoms with van der Waals surface area (Å²) in [6.45, 7) is 4.07. The Morgan fingerprint density at radius 1 is 1.38 bits per heavy atom. The highest BCUT2D eigenvalue weighted by Crippen LogP contribution is 2.16. The van der Waals surface area contributed by atoms with Crippen molar-refractivity contribution in [2.75, 3.05) is 13.7 Å². The first-order chi connectivity index (χ1) is 10.1. The first-order valence-electron chi connectivity index (χ1n) is 6.49. The van der Waals surface area contributed by atoms with Crippen LogP contribution in [0.3, 0.4) is 0 Å². The number of hydrogen-bond acceptors (Lipinski definition) is 5. The summed E-state index contributed by atoms with van der Waals surface area (Å²) in [5, 5.41) is 4.05. The van der Waals surface area contributed by atoms with Gasteiger partial charge in [0.15, 0.2) is 0 Å². The van der Waals surface area contributed by atoms with Crippen LogP contribution in [0.1, 0.15) is 23.0 Å². The zero-order chi connectivity index (χ0) is 15.4. The molecule has 0 aliphatic heterocycles. The zero-order valence-electron chi connectivity index (χ0n) is 12.1. The summed E-state index contributed by atoms with van der Waals surface area (Å²) in [4.78, 5) is 23.5. The van der Waals surface area contributed by atoms with Crippen molar-refractivity contribution >= 4 is 5.97 Å². The molecule has 0 saturated heterocycles. The van der Waals surface area contributed by atoms with Crippen molar-refractivity contribution in [3.05, 3.63) is 51.9 Å². The molecule has 2 aromatic rings. The number of benzene rings is 1. The van der Waals surface area contributed by atoms with E-state index in [2.05, 4.69) is 9.84 Å². The molecule has 21 heavy (non-hydrogen) atoms. The number of aryl methyl sites for hydroxylation is 1. The lowest BCUT2D eigenvalue weighted by molar-refractivity contribution is 0.0590. The molecule has 0 bridgehead atoms. The van der Waals surface area contributed by atoms with Gasteiger partial charge in [0.2, 0.25) is 11.1 Å². The summed E-state index contributed by atoms with van der Waals surface area (Å²) in [6, 6.07) is 7.22. The van der Waals surface area contributed by atoms with Gasteiger partial charge in [-0.2, -0.15) is 5.10 Å². The van der Waals surface area contributed by atoms with Crippen molar-refractivity contribution in [2.45, 2.75) is 13.8 Å². The first kappa shape index (κ1) is 14.8. The van der Waals surface area contributed by atoms with Crippen LogP contribution in [0.25, 0.3) is 5.69 Å². The second kappa shape index (κ2) is 6.21. The molecule has 0 aliphatic carbocycles. The minimum absolute atomic E-state index is 0.237. The van der Waals surface area contributed by atoms with Crippen molar-refractivity contribution in [2.24, 2.45) is 0 Å². The monoisotopic (exact) mass is 288 g/mol. The molecule has 2 rings (SSSR count). The van der Waals surface area contributed by atoms with Gasteiger partial charge >= 0.3 is 5.97 Å². The van der Waals surface area contributed by atoms with Gasteiger partial charge in [-0.05, 0) is 26.0 Å². The molecule has 0 aliphatic rings. The fourth-order valence-electron chi connectivity index (χ4n) is 1.86. The van der Waals surface area contributed by atoms with Crippen molar-refractivity contribution in [1.29, 1.82) is 0 Å². The Labute approximate surface area is 121 Å². The molecule has 0 fully saturated rings. The van der Waals surface area contributed by atoms with Gasteiger partial charge in [-0.15, -0.1) is 0 Å². The van der Waals surface area contributed by atoms with Crippen LogP contribution in [0.4, 0.5) is 0 Å². The third-order valence-corrected chi connectivity index (χ3v) is 2.87. The minimum Gasteiger partial charge on any atom is -0.494 e. The average molecular weight is 288 g/mol. The summed E-state index contributed by atoms with van der Waals surface area (Å²) < 4.78 is 11.5. The van der Waals surface area contributed by atoms with Crippen LogP contribution in [0.5, 0.6) is 5.75 Å². The summed E-state index contributed by atoms with van der Waals surface area (Å²) in [6.07, 6.45) is 1.57. The molecule has 1 heterocycles. The van der Waals surface area contributed by atoms with Gasteiger partial charge in [-0.3, -0.25) is 4.79 Å². The lowest BCUT2D eigenvalue weighted by Crippen LogP contribution is -2.24. The van der Waals surface area contributed by atoms with Gasteiger partial charge in [-0.25, -0.2) is 9.48 Å². The summed E-state index contributed by atoms with van der Waals surface area (Å²) >= 11 is 0. The maximum absolute atomic E-state index is 11.9. The Morgan fingerprint density at radius 2 is 2.14 bits per heavy atom. The van der Waals surface area contributed by atoms with Crippen LogP contribution in [0.2, 0.25) is 0 Å².